The molecule has 0 spiro atoms. The van der Waals surface area contributed by atoms with E-state index in [1.165, 1.54) is 89.9 Å². The molecule has 0 aliphatic heterocycles. The van der Waals surface area contributed by atoms with E-state index in [1.807, 2.05) is 7.05 Å². The van der Waals surface area contributed by atoms with Crippen molar-refractivity contribution < 1.29 is 23.5 Å². The highest BCUT2D eigenvalue weighted by Crippen LogP contribution is 2.33. The Kier molecular flexibility index (Phi) is 28.4. The van der Waals surface area contributed by atoms with E-state index in [0.717, 1.165) is 32.4 Å². The van der Waals surface area contributed by atoms with Gasteiger partial charge in [0.25, 0.3) is 0 Å². The van der Waals surface area contributed by atoms with Crippen molar-refractivity contribution in [3.63, 3.8) is 0 Å². The molecule has 0 heterocycles. The van der Waals surface area contributed by atoms with Gasteiger partial charge in [-0.15, -0.1) is 0 Å². The van der Waals surface area contributed by atoms with Crippen molar-refractivity contribution in [2.75, 3.05) is 40.0 Å². The monoisotopic (exact) mass is 519 g/mol. The largest absolute Gasteiger partial charge is 0.381 e. The highest BCUT2D eigenvalue weighted by molar-refractivity contribution is 7.40. The van der Waals surface area contributed by atoms with E-state index in [-0.39, 0.29) is 18.3 Å². The molecule has 6 nitrogen and oxygen atoms in total. The summed E-state index contributed by atoms with van der Waals surface area (Å²) in [6.45, 7) is 6.78. The summed E-state index contributed by atoms with van der Waals surface area (Å²) in [5.74, 6) is 0.0818. The first-order valence-corrected chi connectivity index (χ1v) is 15.7. The summed E-state index contributed by atoms with van der Waals surface area (Å²) in [6.07, 6.45) is 22.6. The summed E-state index contributed by atoms with van der Waals surface area (Å²) in [7, 11) is 0.0305. The molecule has 7 heteroatoms. The van der Waals surface area contributed by atoms with Gasteiger partial charge in [0, 0.05) is 18.9 Å². The summed E-state index contributed by atoms with van der Waals surface area (Å²) in [4.78, 5) is 21.4. The van der Waals surface area contributed by atoms with Crippen LogP contribution < -0.4 is 5.32 Å². The summed E-state index contributed by atoms with van der Waals surface area (Å²) < 4.78 is 16.6. The van der Waals surface area contributed by atoms with Crippen LogP contribution in [0.1, 0.15) is 129 Å². The zero-order valence-corrected chi connectivity index (χ0v) is 24.3. The van der Waals surface area contributed by atoms with Crippen LogP contribution in [-0.2, 0) is 18.6 Å². The number of unbranched alkanes of at least 4 members (excludes halogenated alkanes) is 15. The van der Waals surface area contributed by atoms with Crippen molar-refractivity contribution in [2.24, 2.45) is 5.92 Å². The molecule has 0 radical (unpaired) electrons. The van der Waals surface area contributed by atoms with Crippen LogP contribution >= 0.6 is 8.60 Å². The lowest BCUT2D eigenvalue weighted by molar-refractivity contribution is -0.118. The highest BCUT2D eigenvalue weighted by atomic mass is 31.2. The van der Waals surface area contributed by atoms with Crippen molar-refractivity contribution in [1.29, 1.82) is 0 Å². The first-order valence-electron chi connectivity index (χ1n) is 14.6. The van der Waals surface area contributed by atoms with Crippen molar-refractivity contribution in [3.8, 4) is 0 Å². The van der Waals surface area contributed by atoms with E-state index in [0.29, 0.717) is 19.6 Å². The van der Waals surface area contributed by atoms with Crippen molar-refractivity contribution in [2.45, 2.75) is 129 Å². The van der Waals surface area contributed by atoms with Crippen LogP contribution in [-0.4, -0.2) is 50.7 Å². The molecule has 210 valence electrons. The number of ketones is 1. The molecule has 0 saturated heterocycles. The standard InChI is InChI=1S/C28H58NO5P/c1-4-5-6-7-8-9-10-11-12-13-14-15-16-17-19-22-32-25-28(24-27(2)30)26-34-35(31)33-23-20-18-21-29-3/h28-29,31H,4-26H2,1-3H3. The SMILES string of the molecule is CCCCCCCCCCCCCCCCCOCC(COP(O)OCCCCNC)CC(C)=O. The molecule has 0 fully saturated rings. The quantitative estimate of drug-likeness (QED) is 0.0778. The van der Waals surface area contributed by atoms with Crippen molar-refractivity contribution in [3.05, 3.63) is 0 Å². The number of carbonyl (C=O) groups excluding carboxylic acids is 1. The van der Waals surface area contributed by atoms with Crippen molar-refractivity contribution in [1.82, 2.24) is 5.32 Å². The Bertz CT molecular complexity index is 442. The number of carbonyl (C=O) groups is 1. The molecule has 0 amide bonds. The summed E-state index contributed by atoms with van der Waals surface area (Å²) in [5, 5.41) is 3.08. The zero-order chi connectivity index (χ0) is 25.8. The van der Waals surface area contributed by atoms with E-state index < -0.39 is 8.60 Å². The summed E-state index contributed by atoms with van der Waals surface area (Å²) >= 11 is 0. The van der Waals surface area contributed by atoms with E-state index in [9.17, 15) is 9.69 Å². The van der Waals surface area contributed by atoms with E-state index in [2.05, 4.69) is 12.2 Å². The fraction of sp³-hybridized carbons (Fsp3) is 0.964. The Balaban J connectivity index is 3.56. The molecule has 2 N–H and O–H groups in total. The maximum absolute atomic E-state index is 11.5. The number of nitrogens with one attached hydrogen (secondary N) is 1. The van der Waals surface area contributed by atoms with Gasteiger partial charge in [-0.25, -0.2) is 0 Å². The molecule has 0 saturated carbocycles. The van der Waals surface area contributed by atoms with Gasteiger partial charge in [0.1, 0.15) is 5.78 Å². The number of ether oxygens (including phenoxy) is 1. The van der Waals surface area contributed by atoms with Gasteiger partial charge in [0.05, 0.1) is 19.8 Å². The van der Waals surface area contributed by atoms with Crippen LogP contribution in [0.25, 0.3) is 0 Å². The van der Waals surface area contributed by atoms with Gasteiger partial charge in [-0.3, -0.25) is 0 Å². The molecule has 0 rings (SSSR count). The predicted molar refractivity (Wildman–Crippen MR) is 149 cm³/mol. The number of hydrogen-bond acceptors (Lipinski definition) is 6. The molecule has 2 atom stereocenters. The molecule has 35 heavy (non-hydrogen) atoms. The maximum atomic E-state index is 11.5. The van der Waals surface area contributed by atoms with Gasteiger partial charge in [0.2, 0.25) is 0 Å². The molecule has 0 aromatic carbocycles. The normalized spacial score (nSPS) is 13.3. The molecule has 2 unspecified atom stereocenters. The van der Waals surface area contributed by atoms with Crippen LogP contribution in [0.3, 0.4) is 0 Å². The Labute approximate surface area is 218 Å². The zero-order valence-electron chi connectivity index (χ0n) is 23.4. The Hall–Kier alpha value is -0.100. The molecule has 0 aliphatic rings. The second-order valence-electron chi connectivity index (χ2n) is 9.97. The van der Waals surface area contributed by atoms with Gasteiger partial charge < -0.3 is 28.8 Å². The lowest BCUT2D eigenvalue weighted by Crippen LogP contribution is -2.19. The summed E-state index contributed by atoms with van der Waals surface area (Å²) in [6, 6.07) is 0. The minimum atomic E-state index is -1.89. The number of hydrogen-bond donors (Lipinski definition) is 2. The average Bonchev–Trinajstić information content (AvgIpc) is 2.83. The first kappa shape index (κ1) is 34.9. The van der Waals surface area contributed by atoms with Gasteiger partial charge >= 0.3 is 8.60 Å². The van der Waals surface area contributed by atoms with Gasteiger partial charge in [-0.1, -0.05) is 96.8 Å². The Morgan fingerprint density at radius 2 is 1.26 bits per heavy atom. The molecule has 0 aromatic heterocycles. The van der Waals surface area contributed by atoms with Gasteiger partial charge in [-0.05, 0) is 39.8 Å². The molecule has 0 aliphatic carbocycles. The van der Waals surface area contributed by atoms with Crippen LogP contribution in [0.4, 0.5) is 0 Å². The topological polar surface area (TPSA) is 77.0 Å². The van der Waals surface area contributed by atoms with E-state index >= 15 is 0 Å². The van der Waals surface area contributed by atoms with Gasteiger partial charge in [-0.2, -0.15) is 0 Å². The van der Waals surface area contributed by atoms with Crippen LogP contribution in [0.2, 0.25) is 0 Å². The number of Topliss-reactive ketones (excluding diaryl/α,β-unsaturated/α-hetero) is 1. The minimum absolute atomic E-state index is 0.0334. The molecular weight excluding hydrogens is 461 g/mol. The molecular formula is C28H58NO5P. The van der Waals surface area contributed by atoms with Crippen LogP contribution in [0.15, 0.2) is 0 Å². The van der Waals surface area contributed by atoms with E-state index in [4.69, 9.17) is 13.8 Å². The second kappa shape index (κ2) is 28.5. The molecule has 0 bridgehead atoms. The highest BCUT2D eigenvalue weighted by Gasteiger charge is 2.16. The average molecular weight is 520 g/mol. The maximum Gasteiger partial charge on any atom is 0.329 e. The van der Waals surface area contributed by atoms with Crippen molar-refractivity contribution >= 4 is 14.4 Å². The second-order valence-corrected chi connectivity index (χ2v) is 11.0. The lowest BCUT2D eigenvalue weighted by atomic mass is 10.0. The first-order chi connectivity index (χ1) is 17.1. The Morgan fingerprint density at radius 3 is 1.77 bits per heavy atom. The third-order valence-electron chi connectivity index (χ3n) is 6.27. The van der Waals surface area contributed by atoms with Crippen LogP contribution in [0.5, 0.6) is 0 Å². The third-order valence-corrected chi connectivity index (χ3v) is 7.04. The number of rotatable bonds is 29. The fourth-order valence-electron chi connectivity index (χ4n) is 4.15. The van der Waals surface area contributed by atoms with E-state index in [1.54, 1.807) is 6.92 Å². The third kappa shape index (κ3) is 28.3. The van der Waals surface area contributed by atoms with Crippen LogP contribution in [0, 0.1) is 5.92 Å². The Morgan fingerprint density at radius 1 is 0.743 bits per heavy atom. The lowest BCUT2D eigenvalue weighted by Gasteiger charge is -2.18. The minimum Gasteiger partial charge on any atom is -0.381 e. The predicted octanol–water partition coefficient (Wildman–Crippen LogP) is 7.72. The summed E-state index contributed by atoms with van der Waals surface area (Å²) in [5.41, 5.74) is 0. The molecule has 0 aromatic rings. The van der Waals surface area contributed by atoms with Gasteiger partial charge in [0.15, 0.2) is 0 Å². The smallest absolute Gasteiger partial charge is 0.329 e. The fourth-order valence-corrected chi connectivity index (χ4v) is 4.85.